The second-order valence-corrected chi connectivity index (χ2v) is 7.42. The Kier molecular flexibility index (Phi) is 4.43. The first-order valence-electron chi connectivity index (χ1n) is 7.77. The van der Waals surface area contributed by atoms with Crippen molar-refractivity contribution in [2.24, 2.45) is 11.8 Å². The van der Waals surface area contributed by atoms with Gasteiger partial charge in [0.15, 0.2) is 0 Å². The monoisotopic (exact) mass is 289 g/mol. The summed E-state index contributed by atoms with van der Waals surface area (Å²) in [6, 6.07) is 9.03. The van der Waals surface area contributed by atoms with Crippen molar-refractivity contribution in [3.63, 3.8) is 0 Å². The summed E-state index contributed by atoms with van der Waals surface area (Å²) < 4.78 is 0. The lowest BCUT2D eigenvalue weighted by Crippen LogP contribution is -2.26. The van der Waals surface area contributed by atoms with Gasteiger partial charge in [-0.05, 0) is 29.4 Å². The molecule has 0 aromatic heterocycles. The van der Waals surface area contributed by atoms with Crippen LogP contribution in [0.1, 0.15) is 51.8 Å². The molecule has 0 saturated carbocycles. The Labute approximate surface area is 128 Å². The maximum Gasteiger partial charge on any atom is 0.308 e. The van der Waals surface area contributed by atoms with Gasteiger partial charge in [-0.1, -0.05) is 52.0 Å². The van der Waals surface area contributed by atoms with Crippen LogP contribution >= 0.6 is 0 Å². The van der Waals surface area contributed by atoms with E-state index in [0.717, 1.165) is 6.54 Å². The molecule has 1 aliphatic rings. The Hall–Kier alpha value is -1.35. The second kappa shape index (κ2) is 5.80. The van der Waals surface area contributed by atoms with E-state index < -0.39 is 5.97 Å². The number of carboxylic acids is 1. The van der Waals surface area contributed by atoms with Gasteiger partial charge in [-0.15, -0.1) is 0 Å². The largest absolute Gasteiger partial charge is 0.481 e. The molecule has 0 aliphatic carbocycles. The molecule has 1 fully saturated rings. The van der Waals surface area contributed by atoms with Crippen molar-refractivity contribution < 1.29 is 9.90 Å². The number of aliphatic carboxylic acids is 1. The van der Waals surface area contributed by atoms with E-state index in [1.807, 2.05) is 6.92 Å². The summed E-state index contributed by atoms with van der Waals surface area (Å²) in [5.74, 6) is -0.680. The van der Waals surface area contributed by atoms with Gasteiger partial charge in [0.05, 0.1) is 5.92 Å². The highest BCUT2D eigenvalue weighted by Gasteiger charge is 2.36. The summed E-state index contributed by atoms with van der Waals surface area (Å²) in [5.41, 5.74) is 2.76. The molecular weight excluding hydrogens is 262 g/mol. The summed E-state index contributed by atoms with van der Waals surface area (Å²) in [6.45, 7) is 12.4. The van der Waals surface area contributed by atoms with Crippen LogP contribution in [0.15, 0.2) is 24.3 Å². The topological polar surface area (TPSA) is 40.5 Å². The molecule has 3 atom stereocenters. The molecule has 1 unspecified atom stereocenters. The summed E-state index contributed by atoms with van der Waals surface area (Å²) in [7, 11) is 0. The predicted octanol–water partition coefficient (Wildman–Crippen LogP) is 3.70. The zero-order valence-corrected chi connectivity index (χ0v) is 13.8. The summed E-state index contributed by atoms with van der Waals surface area (Å²) in [5, 5.41) is 9.25. The van der Waals surface area contributed by atoms with Crippen LogP contribution in [-0.4, -0.2) is 29.1 Å². The van der Waals surface area contributed by atoms with Crippen LogP contribution in [0.3, 0.4) is 0 Å². The lowest BCUT2D eigenvalue weighted by atomic mass is 9.86. The fourth-order valence-corrected chi connectivity index (χ4v) is 3.11. The van der Waals surface area contributed by atoms with E-state index in [9.17, 15) is 9.90 Å². The molecule has 1 heterocycles. The Morgan fingerprint density at radius 2 is 1.81 bits per heavy atom. The minimum absolute atomic E-state index is 0.165. The van der Waals surface area contributed by atoms with Gasteiger partial charge in [0, 0.05) is 19.1 Å². The first-order chi connectivity index (χ1) is 9.70. The number of carboxylic acid groups (broad SMARTS) is 1. The molecule has 1 aromatic carbocycles. The second-order valence-electron chi connectivity index (χ2n) is 7.42. The molecular formula is C18H27NO2. The quantitative estimate of drug-likeness (QED) is 0.922. The smallest absolute Gasteiger partial charge is 0.308 e. The molecule has 1 aliphatic heterocycles. The average Bonchev–Trinajstić information content (AvgIpc) is 2.79. The molecule has 2 rings (SSSR count). The fourth-order valence-electron chi connectivity index (χ4n) is 3.11. The average molecular weight is 289 g/mol. The van der Waals surface area contributed by atoms with Crippen molar-refractivity contribution in [3.8, 4) is 0 Å². The third-order valence-corrected chi connectivity index (χ3v) is 4.76. The van der Waals surface area contributed by atoms with Gasteiger partial charge in [0.25, 0.3) is 0 Å². The van der Waals surface area contributed by atoms with Gasteiger partial charge in [-0.2, -0.15) is 0 Å². The van der Waals surface area contributed by atoms with Crippen molar-refractivity contribution in [1.29, 1.82) is 0 Å². The van der Waals surface area contributed by atoms with Crippen LogP contribution in [0.25, 0.3) is 0 Å². The molecule has 1 N–H and O–H groups in total. The minimum Gasteiger partial charge on any atom is -0.481 e. The number of nitrogens with zero attached hydrogens (tertiary/aromatic N) is 1. The predicted molar refractivity (Wildman–Crippen MR) is 85.4 cm³/mol. The lowest BCUT2D eigenvalue weighted by Gasteiger charge is -2.26. The van der Waals surface area contributed by atoms with Crippen LogP contribution in [0, 0.1) is 11.8 Å². The Bertz CT molecular complexity index is 501. The van der Waals surface area contributed by atoms with Crippen LogP contribution < -0.4 is 0 Å². The van der Waals surface area contributed by atoms with Gasteiger partial charge in [-0.3, -0.25) is 9.69 Å². The molecule has 1 aromatic rings. The van der Waals surface area contributed by atoms with Gasteiger partial charge >= 0.3 is 5.97 Å². The number of hydrogen-bond acceptors (Lipinski definition) is 2. The van der Waals surface area contributed by atoms with E-state index in [2.05, 4.69) is 56.9 Å². The van der Waals surface area contributed by atoms with Crippen LogP contribution in [-0.2, 0) is 10.2 Å². The summed E-state index contributed by atoms with van der Waals surface area (Å²) >= 11 is 0. The van der Waals surface area contributed by atoms with E-state index in [0.29, 0.717) is 6.54 Å². The molecule has 116 valence electrons. The standard InChI is InChI=1S/C18H27NO2/c1-12-10-19(11-16(12)17(20)21)13(2)14-6-8-15(9-7-14)18(3,4)5/h6-9,12-13,16H,10-11H2,1-5H3,(H,20,21)/t12-,13?,16-/m1/s1. The highest BCUT2D eigenvalue weighted by atomic mass is 16.4. The summed E-state index contributed by atoms with van der Waals surface area (Å²) in [6.07, 6.45) is 0. The first kappa shape index (κ1) is 16.0. The van der Waals surface area contributed by atoms with Crippen molar-refractivity contribution in [3.05, 3.63) is 35.4 Å². The molecule has 1 saturated heterocycles. The van der Waals surface area contributed by atoms with Gasteiger partial charge in [-0.25, -0.2) is 0 Å². The van der Waals surface area contributed by atoms with Gasteiger partial charge < -0.3 is 5.11 Å². The van der Waals surface area contributed by atoms with Crippen LogP contribution in [0.4, 0.5) is 0 Å². The van der Waals surface area contributed by atoms with E-state index in [1.54, 1.807) is 0 Å². The van der Waals surface area contributed by atoms with E-state index in [-0.39, 0.29) is 23.3 Å². The maximum absolute atomic E-state index is 11.2. The maximum atomic E-state index is 11.2. The highest BCUT2D eigenvalue weighted by molar-refractivity contribution is 5.71. The SMILES string of the molecule is CC(c1ccc(C(C)(C)C)cc1)N1C[C@@H](C)[C@H](C(=O)O)C1. The van der Waals surface area contributed by atoms with Crippen LogP contribution in [0.5, 0.6) is 0 Å². The van der Waals surface area contributed by atoms with Crippen LogP contribution in [0.2, 0.25) is 0 Å². The molecule has 21 heavy (non-hydrogen) atoms. The third-order valence-electron chi connectivity index (χ3n) is 4.76. The molecule has 0 radical (unpaired) electrons. The molecule has 0 amide bonds. The fraction of sp³-hybridized carbons (Fsp3) is 0.611. The van der Waals surface area contributed by atoms with Crippen molar-refractivity contribution >= 4 is 5.97 Å². The number of carbonyl (C=O) groups is 1. The highest BCUT2D eigenvalue weighted by Crippen LogP contribution is 2.32. The van der Waals surface area contributed by atoms with Crippen molar-refractivity contribution in [2.75, 3.05) is 13.1 Å². The number of benzene rings is 1. The summed E-state index contributed by atoms with van der Waals surface area (Å²) in [4.78, 5) is 13.5. The number of rotatable bonds is 3. The number of likely N-dealkylation sites (tertiary alicyclic amines) is 1. The number of hydrogen-bond donors (Lipinski definition) is 1. The lowest BCUT2D eigenvalue weighted by molar-refractivity contribution is -0.142. The molecule has 0 bridgehead atoms. The van der Waals surface area contributed by atoms with E-state index in [4.69, 9.17) is 0 Å². The van der Waals surface area contributed by atoms with Crippen molar-refractivity contribution in [1.82, 2.24) is 4.90 Å². The van der Waals surface area contributed by atoms with Gasteiger partial charge in [0.1, 0.15) is 0 Å². The zero-order valence-electron chi connectivity index (χ0n) is 13.8. The normalized spacial score (nSPS) is 25.0. The zero-order chi connectivity index (χ0) is 15.8. The van der Waals surface area contributed by atoms with E-state index >= 15 is 0 Å². The van der Waals surface area contributed by atoms with Gasteiger partial charge in [0.2, 0.25) is 0 Å². The van der Waals surface area contributed by atoms with Crippen molar-refractivity contribution in [2.45, 2.75) is 46.1 Å². The Balaban J connectivity index is 2.11. The third kappa shape index (κ3) is 3.46. The molecule has 0 spiro atoms. The van der Waals surface area contributed by atoms with E-state index in [1.165, 1.54) is 11.1 Å². The Morgan fingerprint density at radius 3 is 2.24 bits per heavy atom. The molecule has 3 heteroatoms. The molecule has 3 nitrogen and oxygen atoms in total. The Morgan fingerprint density at radius 1 is 1.24 bits per heavy atom. The minimum atomic E-state index is -0.666. The first-order valence-corrected chi connectivity index (χ1v) is 7.77.